The van der Waals surface area contributed by atoms with Crippen molar-refractivity contribution in [3.63, 3.8) is 0 Å². The molecule has 1 atom stereocenters. The molecule has 0 aromatic heterocycles. The Labute approximate surface area is 155 Å². The minimum Gasteiger partial charge on any atom is -0.493 e. The maximum Gasteiger partial charge on any atom is 0.261 e. The third kappa shape index (κ3) is 4.91. The molecule has 0 bridgehead atoms. The summed E-state index contributed by atoms with van der Waals surface area (Å²) in [6.07, 6.45) is 0.0577. The van der Waals surface area contributed by atoms with Crippen LogP contribution in [0.4, 0.5) is 0 Å². The highest BCUT2D eigenvalue weighted by atomic mass is 16.5. The molecule has 1 amide bonds. The van der Waals surface area contributed by atoms with Gasteiger partial charge in [0.15, 0.2) is 17.6 Å². The second-order valence-electron chi connectivity index (χ2n) is 6.17. The van der Waals surface area contributed by atoms with Crippen molar-refractivity contribution >= 4 is 5.91 Å². The van der Waals surface area contributed by atoms with Crippen LogP contribution >= 0.6 is 0 Å². The van der Waals surface area contributed by atoms with E-state index in [2.05, 4.69) is 5.32 Å². The van der Waals surface area contributed by atoms with Crippen molar-refractivity contribution in [1.29, 1.82) is 0 Å². The van der Waals surface area contributed by atoms with Crippen LogP contribution in [0.15, 0.2) is 36.4 Å². The Balaban J connectivity index is 1.99. The number of methoxy groups -OCH3 is 2. The fraction of sp³-hybridized carbons (Fsp3) is 0.381. The lowest BCUT2D eigenvalue weighted by Gasteiger charge is -2.18. The van der Waals surface area contributed by atoms with E-state index in [0.717, 1.165) is 11.1 Å². The quantitative estimate of drug-likeness (QED) is 0.781. The molecule has 0 spiro atoms. The molecule has 140 valence electrons. The Morgan fingerprint density at radius 1 is 1.00 bits per heavy atom. The minimum atomic E-state index is -0.530. The van der Waals surface area contributed by atoms with Crippen LogP contribution in [0.25, 0.3) is 0 Å². The zero-order valence-electron chi connectivity index (χ0n) is 16.1. The number of carbonyl (C=O) groups is 1. The molecular formula is C21H27NO4. The summed E-state index contributed by atoms with van der Waals surface area (Å²) >= 11 is 0. The highest BCUT2D eigenvalue weighted by Crippen LogP contribution is 2.27. The average molecular weight is 357 g/mol. The smallest absolute Gasteiger partial charge is 0.261 e. The number of nitrogens with one attached hydrogen (secondary N) is 1. The summed E-state index contributed by atoms with van der Waals surface area (Å²) < 4.78 is 16.4. The molecule has 2 aromatic carbocycles. The first-order valence-corrected chi connectivity index (χ1v) is 8.71. The maximum absolute atomic E-state index is 12.5. The lowest BCUT2D eigenvalue weighted by atomic mass is 10.1. The van der Waals surface area contributed by atoms with Crippen LogP contribution in [0.3, 0.4) is 0 Å². The Hall–Kier alpha value is -2.69. The molecule has 1 unspecified atom stereocenters. The Morgan fingerprint density at radius 2 is 1.73 bits per heavy atom. The Kier molecular flexibility index (Phi) is 6.89. The maximum atomic E-state index is 12.5. The standard InChI is InChI=1S/C21H27NO4/c1-6-18(26-17-9-7-14(2)15(3)11-17)21(23)22-13-16-8-10-19(24-4)20(12-16)25-5/h7-12,18H,6,13H2,1-5H3,(H,22,23). The van der Waals surface area contributed by atoms with Gasteiger partial charge in [-0.25, -0.2) is 0 Å². The topological polar surface area (TPSA) is 56.8 Å². The molecule has 5 heteroatoms. The van der Waals surface area contributed by atoms with Gasteiger partial charge in [-0.15, -0.1) is 0 Å². The van der Waals surface area contributed by atoms with Crippen molar-refractivity contribution in [2.45, 2.75) is 39.8 Å². The molecule has 0 aliphatic rings. The van der Waals surface area contributed by atoms with Crippen LogP contribution in [0.2, 0.25) is 0 Å². The van der Waals surface area contributed by atoms with Crippen LogP contribution in [0.5, 0.6) is 17.2 Å². The van der Waals surface area contributed by atoms with Crippen LogP contribution in [-0.2, 0) is 11.3 Å². The molecular weight excluding hydrogens is 330 g/mol. The second-order valence-corrected chi connectivity index (χ2v) is 6.17. The molecule has 2 rings (SSSR count). The van der Waals surface area contributed by atoms with Gasteiger partial charge in [0.25, 0.3) is 5.91 Å². The Morgan fingerprint density at radius 3 is 2.35 bits per heavy atom. The molecule has 5 nitrogen and oxygen atoms in total. The van der Waals surface area contributed by atoms with E-state index in [9.17, 15) is 4.79 Å². The fourth-order valence-electron chi connectivity index (χ4n) is 2.57. The van der Waals surface area contributed by atoms with Crippen molar-refractivity contribution in [3.05, 3.63) is 53.1 Å². The third-order valence-electron chi connectivity index (χ3n) is 4.33. The molecule has 0 saturated heterocycles. The van der Waals surface area contributed by atoms with Gasteiger partial charge in [-0.1, -0.05) is 19.1 Å². The molecule has 0 saturated carbocycles. The summed E-state index contributed by atoms with van der Waals surface area (Å²) in [6, 6.07) is 11.4. The number of hydrogen-bond acceptors (Lipinski definition) is 4. The largest absolute Gasteiger partial charge is 0.493 e. The van der Waals surface area contributed by atoms with Gasteiger partial charge >= 0.3 is 0 Å². The zero-order valence-corrected chi connectivity index (χ0v) is 16.1. The van der Waals surface area contributed by atoms with Gasteiger partial charge in [0.1, 0.15) is 5.75 Å². The van der Waals surface area contributed by atoms with E-state index in [1.165, 1.54) is 5.56 Å². The first kappa shape index (κ1) is 19.6. The second kappa shape index (κ2) is 9.13. The number of hydrogen-bond donors (Lipinski definition) is 1. The van der Waals surface area contributed by atoms with E-state index in [0.29, 0.717) is 30.2 Å². The van der Waals surface area contributed by atoms with Crippen LogP contribution in [0.1, 0.15) is 30.0 Å². The van der Waals surface area contributed by atoms with Crippen LogP contribution in [0, 0.1) is 13.8 Å². The van der Waals surface area contributed by atoms with Crippen molar-refractivity contribution in [2.24, 2.45) is 0 Å². The van der Waals surface area contributed by atoms with Gasteiger partial charge in [0.05, 0.1) is 14.2 Å². The third-order valence-corrected chi connectivity index (χ3v) is 4.33. The summed E-state index contributed by atoms with van der Waals surface area (Å²) in [5.74, 6) is 1.87. The average Bonchev–Trinajstić information content (AvgIpc) is 2.66. The number of aryl methyl sites for hydroxylation is 2. The monoisotopic (exact) mass is 357 g/mol. The predicted octanol–water partition coefficient (Wildman–Crippen LogP) is 3.79. The van der Waals surface area contributed by atoms with Gasteiger partial charge in [-0.2, -0.15) is 0 Å². The SMILES string of the molecule is CCC(Oc1ccc(C)c(C)c1)C(=O)NCc1ccc(OC)c(OC)c1. The predicted molar refractivity (Wildman–Crippen MR) is 102 cm³/mol. The molecule has 0 heterocycles. The van der Waals surface area contributed by atoms with E-state index >= 15 is 0 Å². The van der Waals surface area contributed by atoms with E-state index in [-0.39, 0.29) is 5.91 Å². The molecule has 2 aromatic rings. The van der Waals surface area contributed by atoms with Crippen LogP contribution < -0.4 is 19.5 Å². The number of carbonyl (C=O) groups excluding carboxylic acids is 1. The minimum absolute atomic E-state index is 0.138. The van der Waals surface area contributed by atoms with Crippen molar-refractivity contribution < 1.29 is 19.0 Å². The summed E-state index contributed by atoms with van der Waals surface area (Å²) in [6.45, 7) is 6.40. The molecule has 1 N–H and O–H groups in total. The van der Waals surface area contributed by atoms with Gasteiger partial charge in [-0.05, 0) is 61.2 Å². The van der Waals surface area contributed by atoms with E-state index in [1.807, 2.05) is 57.2 Å². The van der Waals surface area contributed by atoms with E-state index in [4.69, 9.17) is 14.2 Å². The first-order chi connectivity index (χ1) is 12.5. The fourth-order valence-corrected chi connectivity index (χ4v) is 2.57. The van der Waals surface area contributed by atoms with E-state index < -0.39 is 6.10 Å². The lowest BCUT2D eigenvalue weighted by molar-refractivity contribution is -0.128. The highest BCUT2D eigenvalue weighted by Gasteiger charge is 2.18. The van der Waals surface area contributed by atoms with Crippen molar-refractivity contribution in [2.75, 3.05) is 14.2 Å². The molecule has 0 radical (unpaired) electrons. The molecule has 0 fully saturated rings. The van der Waals surface area contributed by atoms with E-state index in [1.54, 1.807) is 14.2 Å². The summed E-state index contributed by atoms with van der Waals surface area (Å²) in [5.41, 5.74) is 3.27. The number of benzene rings is 2. The lowest BCUT2D eigenvalue weighted by Crippen LogP contribution is -2.37. The normalized spacial score (nSPS) is 11.6. The van der Waals surface area contributed by atoms with Crippen LogP contribution in [-0.4, -0.2) is 26.2 Å². The molecule has 0 aliphatic carbocycles. The van der Waals surface area contributed by atoms with Gasteiger partial charge in [0, 0.05) is 6.54 Å². The number of amides is 1. The molecule has 0 aliphatic heterocycles. The zero-order chi connectivity index (χ0) is 19.1. The Bertz CT molecular complexity index is 758. The molecule has 26 heavy (non-hydrogen) atoms. The van der Waals surface area contributed by atoms with Crippen molar-refractivity contribution in [3.8, 4) is 17.2 Å². The summed E-state index contributed by atoms with van der Waals surface area (Å²) in [4.78, 5) is 12.5. The summed E-state index contributed by atoms with van der Waals surface area (Å²) in [7, 11) is 3.18. The van der Waals surface area contributed by atoms with Gasteiger partial charge in [0.2, 0.25) is 0 Å². The number of ether oxygens (including phenoxy) is 3. The highest BCUT2D eigenvalue weighted by molar-refractivity contribution is 5.81. The number of rotatable bonds is 8. The summed E-state index contributed by atoms with van der Waals surface area (Å²) in [5, 5.41) is 2.92. The van der Waals surface area contributed by atoms with Gasteiger partial charge < -0.3 is 19.5 Å². The first-order valence-electron chi connectivity index (χ1n) is 8.71. The van der Waals surface area contributed by atoms with Crippen molar-refractivity contribution in [1.82, 2.24) is 5.32 Å². The van der Waals surface area contributed by atoms with Gasteiger partial charge in [-0.3, -0.25) is 4.79 Å².